The fourth-order valence-electron chi connectivity index (χ4n) is 5.29. The van der Waals surface area contributed by atoms with Crippen molar-refractivity contribution in [3.63, 3.8) is 0 Å². The summed E-state index contributed by atoms with van der Waals surface area (Å²) in [6.07, 6.45) is 19.4. The van der Waals surface area contributed by atoms with Crippen LogP contribution >= 0.6 is 0 Å². The molecule has 0 aromatic rings. The van der Waals surface area contributed by atoms with Crippen molar-refractivity contribution in [2.75, 3.05) is 13.2 Å². The summed E-state index contributed by atoms with van der Waals surface area (Å²) in [6.45, 7) is 1.43. The number of rotatable bonds is 11. The van der Waals surface area contributed by atoms with Crippen molar-refractivity contribution in [2.24, 2.45) is 17.8 Å². The molecule has 6 atom stereocenters. The number of unbranched alkanes of at least 4 members (excludes halogenated alkanes) is 1. The third-order valence-corrected chi connectivity index (χ3v) is 6.84. The number of ether oxygens (including phenoxy) is 3. The zero-order valence-corrected chi connectivity index (χ0v) is 16.7. The van der Waals surface area contributed by atoms with E-state index < -0.39 is 5.97 Å². The van der Waals surface area contributed by atoms with Crippen molar-refractivity contribution >= 4 is 5.97 Å². The smallest absolute Gasteiger partial charge is 0.303 e. The van der Waals surface area contributed by atoms with Gasteiger partial charge in [-0.15, -0.1) is 0 Å². The zero-order chi connectivity index (χ0) is 19.3. The Morgan fingerprint density at radius 3 is 2.50 bits per heavy atom. The highest BCUT2D eigenvalue weighted by Crippen LogP contribution is 2.54. The molecule has 156 valence electrons. The number of fused-ring (bicyclic) bond motifs is 5. The second kappa shape index (κ2) is 9.55. The van der Waals surface area contributed by atoms with E-state index >= 15 is 0 Å². The van der Waals surface area contributed by atoms with Crippen LogP contribution in [-0.4, -0.2) is 48.7 Å². The van der Waals surface area contributed by atoms with Gasteiger partial charge in [0.25, 0.3) is 0 Å². The number of epoxide rings is 1. The maximum atomic E-state index is 10.6. The van der Waals surface area contributed by atoms with E-state index in [1.807, 2.05) is 0 Å². The van der Waals surface area contributed by atoms with E-state index in [1.54, 1.807) is 0 Å². The maximum Gasteiger partial charge on any atom is 0.303 e. The summed E-state index contributed by atoms with van der Waals surface area (Å²) >= 11 is 0. The lowest BCUT2D eigenvalue weighted by Gasteiger charge is -2.24. The van der Waals surface area contributed by atoms with Crippen molar-refractivity contribution in [1.82, 2.24) is 0 Å². The van der Waals surface area contributed by atoms with Gasteiger partial charge in [0.05, 0.1) is 25.4 Å². The Balaban J connectivity index is 1.19. The van der Waals surface area contributed by atoms with Crippen LogP contribution < -0.4 is 0 Å². The fraction of sp³-hybridized carbons (Fsp3) is 0.783. The van der Waals surface area contributed by atoms with Crippen LogP contribution in [0.15, 0.2) is 24.3 Å². The molecule has 3 heterocycles. The molecule has 0 aromatic carbocycles. The zero-order valence-electron chi connectivity index (χ0n) is 16.7. The summed E-state index contributed by atoms with van der Waals surface area (Å²) < 4.78 is 18.0. The lowest BCUT2D eigenvalue weighted by atomic mass is 9.78. The van der Waals surface area contributed by atoms with Crippen LogP contribution in [0.2, 0.25) is 0 Å². The molecule has 1 aliphatic carbocycles. The van der Waals surface area contributed by atoms with Crippen molar-refractivity contribution in [1.29, 1.82) is 0 Å². The molecule has 3 aliphatic heterocycles. The highest BCUT2D eigenvalue weighted by molar-refractivity contribution is 5.66. The van der Waals surface area contributed by atoms with Crippen LogP contribution in [0.1, 0.15) is 57.8 Å². The number of carboxylic acid groups (broad SMARTS) is 1. The molecule has 4 fully saturated rings. The molecule has 0 spiro atoms. The van der Waals surface area contributed by atoms with Gasteiger partial charge in [0.15, 0.2) is 0 Å². The van der Waals surface area contributed by atoms with Gasteiger partial charge in [-0.05, 0) is 43.9 Å². The third kappa shape index (κ3) is 4.87. The van der Waals surface area contributed by atoms with Crippen molar-refractivity contribution in [3.05, 3.63) is 24.3 Å². The molecule has 3 saturated heterocycles. The van der Waals surface area contributed by atoms with Gasteiger partial charge >= 0.3 is 5.97 Å². The van der Waals surface area contributed by atoms with E-state index in [4.69, 9.17) is 19.3 Å². The van der Waals surface area contributed by atoms with Crippen molar-refractivity contribution in [3.8, 4) is 0 Å². The first-order chi connectivity index (χ1) is 13.7. The van der Waals surface area contributed by atoms with Crippen LogP contribution in [0.5, 0.6) is 0 Å². The quantitative estimate of drug-likeness (QED) is 0.326. The normalized spacial score (nSPS) is 37.1. The first kappa shape index (κ1) is 20.1. The van der Waals surface area contributed by atoms with E-state index in [2.05, 4.69) is 24.3 Å². The lowest BCUT2D eigenvalue weighted by Crippen LogP contribution is -2.35. The molecule has 4 rings (SSSR count). The molecule has 1 saturated carbocycles. The molecular weight excluding hydrogens is 356 g/mol. The number of carbonyl (C=O) groups is 1. The Hall–Kier alpha value is -1.17. The van der Waals surface area contributed by atoms with Gasteiger partial charge in [-0.25, -0.2) is 0 Å². The van der Waals surface area contributed by atoms with Gasteiger partial charge in [-0.1, -0.05) is 43.6 Å². The fourth-order valence-corrected chi connectivity index (χ4v) is 5.29. The summed E-state index contributed by atoms with van der Waals surface area (Å²) in [6, 6.07) is 0. The summed E-state index contributed by atoms with van der Waals surface area (Å²) in [7, 11) is 0. The van der Waals surface area contributed by atoms with Gasteiger partial charge in [0.2, 0.25) is 0 Å². The summed E-state index contributed by atoms with van der Waals surface area (Å²) in [5, 5.41) is 8.70. The minimum Gasteiger partial charge on any atom is -0.481 e. The first-order valence-corrected chi connectivity index (χ1v) is 11.2. The van der Waals surface area contributed by atoms with Crippen LogP contribution in [-0.2, 0) is 19.0 Å². The third-order valence-electron chi connectivity index (χ3n) is 6.84. The minimum atomic E-state index is -0.721. The van der Waals surface area contributed by atoms with E-state index in [-0.39, 0.29) is 18.6 Å². The standard InChI is InChI=1S/C23H34O5/c24-19(25)13-7-2-1-6-12-17-18(21-23-22(28-23)20(17)27-21)15-26-14-8-11-16-9-4-3-5-10-16/h1,6,8,11,16-18,20-23H,2-5,7,9-10,12-15H2,(H,24,25)/b6-1-,11-8+/t17-,18+,20+,21-,22-,23+/m0/s1. The molecule has 0 radical (unpaired) electrons. The SMILES string of the molecule is O=C(O)CCC/C=C\C[C@H]1[C@@H](COC/C=C/C2CCCCC2)[C@@H]2O[C@H]1[C@@H]1O[C@@H]12. The van der Waals surface area contributed by atoms with Crippen molar-refractivity contribution < 1.29 is 24.1 Å². The molecule has 0 amide bonds. The molecule has 0 unspecified atom stereocenters. The molecule has 4 aliphatic rings. The van der Waals surface area contributed by atoms with Gasteiger partial charge in [0, 0.05) is 12.3 Å². The summed E-state index contributed by atoms with van der Waals surface area (Å²) in [5.41, 5.74) is 0. The molecular formula is C23H34O5. The van der Waals surface area contributed by atoms with Crippen LogP contribution in [0.3, 0.4) is 0 Å². The predicted molar refractivity (Wildman–Crippen MR) is 106 cm³/mol. The van der Waals surface area contributed by atoms with Crippen molar-refractivity contribution in [2.45, 2.75) is 82.2 Å². The Labute approximate surface area is 168 Å². The van der Waals surface area contributed by atoms with Crippen LogP contribution in [0.25, 0.3) is 0 Å². The topological polar surface area (TPSA) is 68.3 Å². The largest absolute Gasteiger partial charge is 0.481 e. The monoisotopic (exact) mass is 390 g/mol. The number of allylic oxidation sites excluding steroid dienone is 3. The van der Waals surface area contributed by atoms with E-state index in [0.29, 0.717) is 37.1 Å². The van der Waals surface area contributed by atoms with E-state index in [9.17, 15) is 4.79 Å². The molecule has 5 heteroatoms. The highest BCUT2D eigenvalue weighted by atomic mass is 16.7. The molecule has 28 heavy (non-hydrogen) atoms. The maximum absolute atomic E-state index is 10.6. The van der Waals surface area contributed by atoms with E-state index in [1.165, 1.54) is 32.1 Å². The number of aliphatic carboxylic acids is 1. The van der Waals surface area contributed by atoms with Gasteiger partial charge in [-0.2, -0.15) is 0 Å². The average molecular weight is 391 g/mol. The minimum absolute atomic E-state index is 0.197. The Morgan fingerprint density at radius 2 is 1.71 bits per heavy atom. The predicted octanol–water partition coefficient (Wildman–Crippen LogP) is 4.12. The average Bonchev–Trinajstić information content (AvgIpc) is 3.32. The number of hydrogen-bond donors (Lipinski definition) is 1. The number of hydrogen-bond acceptors (Lipinski definition) is 4. The molecule has 5 nitrogen and oxygen atoms in total. The van der Waals surface area contributed by atoms with E-state index in [0.717, 1.165) is 25.4 Å². The molecule has 2 bridgehead atoms. The molecule has 1 N–H and O–H groups in total. The number of carboxylic acids is 1. The Bertz CT molecular complexity index is 580. The second-order valence-corrected chi connectivity index (χ2v) is 8.82. The van der Waals surface area contributed by atoms with Crippen LogP contribution in [0.4, 0.5) is 0 Å². The highest BCUT2D eigenvalue weighted by Gasteiger charge is 2.68. The summed E-state index contributed by atoms with van der Waals surface area (Å²) in [4.78, 5) is 10.6. The summed E-state index contributed by atoms with van der Waals surface area (Å²) in [5.74, 6) is 0.886. The van der Waals surface area contributed by atoms with Crippen LogP contribution in [0, 0.1) is 17.8 Å². The molecule has 0 aromatic heterocycles. The van der Waals surface area contributed by atoms with Gasteiger partial charge < -0.3 is 19.3 Å². The lowest BCUT2D eigenvalue weighted by molar-refractivity contribution is -0.137. The first-order valence-electron chi connectivity index (χ1n) is 11.2. The van der Waals surface area contributed by atoms with Gasteiger partial charge in [0.1, 0.15) is 12.2 Å². The van der Waals surface area contributed by atoms with Gasteiger partial charge in [-0.3, -0.25) is 4.79 Å². The Kier molecular flexibility index (Phi) is 6.86. The Morgan fingerprint density at radius 1 is 0.964 bits per heavy atom. The second-order valence-electron chi connectivity index (χ2n) is 8.82.